The molecule has 1 amide bonds. The molecule has 0 bridgehead atoms. The van der Waals surface area contributed by atoms with E-state index in [4.69, 9.17) is 0 Å². The van der Waals surface area contributed by atoms with Crippen molar-refractivity contribution in [1.82, 2.24) is 0 Å². The number of hydrogen-bond acceptors (Lipinski definition) is 3. The largest absolute Gasteiger partial charge is 0.325 e. The molecule has 1 heterocycles. The molecule has 0 unspecified atom stereocenters. The van der Waals surface area contributed by atoms with Gasteiger partial charge in [-0.2, -0.15) is 0 Å². The molecular formula is C10H13NO2S. The highest BCUT2D eigenvalue weighted by Crippen LogP contribution is 2.19. The summed E-state index contributed by atoms with van der Waals surface area (Å²) in [6.45, 7) is 3.43. The molecule has 0 aromatic carbocycles. The molecule has 4 heteroatoms. The van der Waals surface area contributed by atoms with Crippen LogP contribution in [0.15, 0.2) is 10.8 Å². The van der Waals surface area contributed by atoms with Gasteiger partial charge in [-0.1, -0.05) is 0 Å². The molecule has 0 saturated heterocycles. The van der Waals surface area contributed by atoms with Crippen LogP contribution in [0.1, 0.15) is 25.3 Å². The summed E-state index contributed by atoms with van der Waals surface area (Å²) in [6.07, 6.45) is 0.583. The normalized spacial score (nSPS) is 9.86. The molecule has 0 atom stereocenters. The van der Waals surface area contributed by atoms with Crippen LogP contribution in [0.4, 0.5) is 5.69 Å². The van der Waals surface area contributed by atoms with Gasteiger partial charge in [0, 0.05) is 18.2 Å². The molecule has 76 valence electrons. The van der Waals surface area contributed by atoms with E-state index in [-0.39, 0.29) is 18.1 Å². The summed E-state index contributed by atoms with van der Waals surface area (Å²) >= 11 is 1.55. The van der Waals surface area contributed by atoms with Gasteiger partial charge in [0.25, 0.3) is 0 Å². The summed E-state index contributed by atoms with van der Waals surface area (Å²) in [5.74, 6) is -0.0520. The van der Waals surface area contributed by atoms with Gasteiger partial charge in [0.05, 0.1) is 5.69 Å². The Morgan fingerprint density at radius 1 is 1.36 bits per heavy atom. The maximum Gasteiger partial charge on any atom is 0.224 e. The van der Waals surface area contributed by atoms with Crippen LogP contribution in [-0.4, -0.2) is 11.7 Å². The van der Waals surface area contributed by atoms with Crippen LogP contribution >= 0.6 is 11.3 Å². The topological polar surface area (TPSA) is 46.2 Å². The van der Waals surface area contributed by atoms with Crippen molar-refractivity contribution in [2.45, 2.75) is 26.7 Å². The minimum Gasteiger partial charge on any atom is -0.325 e. The van der Waals surface area contributed by atoms with Crippen molar-refractivity contribution in [3.05, 3.63) is 16.3 Å². The fraction of sp³-hybridized carbons (Fsp3) is 0.400. The Balaban J connectivity index is 2.42. The summed E-state index contributed by atoms with van der Waals surface area (Å²) in [7, 11) is 0. The number of Topliss-reactive ketones (excluding diaryl/α,β-unsaturated/α-hetero) is 1. The average Bonchev–Trinajstić information content (AvgIpc) is 2.49. The van der Waals surface area contributed by atoms with Gasteiger partial charge < -0.3 is 10.1 Å². The number of anilines is 1. The van der Waals surface area contributed by atoms with Crippen molar-refractivity contribution >= 4 is 28.7 Å². The molecule has 1 aromatic heterocycles. The highest BCUT2D eigenvalue weighted by Gasteiger charge is 2.06. The third-order valence-corrected chi connectivity index (χ3v) is 2.70. The summed E-state index contributed by atoms with van der Waals surface area (Å²) in [6, 6.07) is 0. The Morgan fingerprint density at radius 2 is 2.07 bits per heavy atom. The van der Waals surface area contributed by atoms with E-state index in [0.29, 0.717) is 6.42 Å². The van der Waals surface area contributed by atoms with Gasteiger partial charge in [0.1, 0.15) is 5.78 Å². The van der Waals surface area contributed by atoms with E-state index in [1.807, 2.05) is 17.7 Å². The van der Waals surface area contributed by atoms with Crippen molar-refractivity contribution in [2.75, 3.05) is 5.32 Å². The number of nitrogens with one attached hydrogen (secondary N) is 1. The van der Waals surface area contributed by atoms with Crippen LogP contribution in [0.5, 0.6) is 0 Å². The van der Waals surface area contributed by atoms with Gasteiger partial charge in [-0.15, -0.1) is 11.3 Å². The molecular weight excluding hydrogens is 198 g/mol. The zero-order chi connectivity index (χ0) is 10.6. The molecule has 14 heavy (non-hydrogen) atoms. The second-order valence-electron chi connectivity index (χ2n) is 3.22. The summed E-state index contributed by atoms with van der Waals surface area (Å²) < 4.78 is 0. The SMILES string of the molecule is CC(=O)CCC(=O)Nc1cscc1C. The Labute approximate surface area is 87.1 Å². The molecule has 3 nitrogen and oxygen atoms in total. The van der Waals surface area contributed by atoms with Gasteiger partial charge in [-0.05, 0) is 24.8 Å². The lowest BCUT2D eigenvalue weighted by Crippen LogP contribution is -2.12. The zero-order valence-electron chi connectivity index (χ0n) is 8.29. The first-order valence-electron chi connectivity index (χ1n) is 4.41. The molecule has 0 aliphatic carbocycles. The number of thiophene rings is 1. The number of amides is 1. The predicted molar refractivity (Wildman–Crippen MR) is 57.6 cm³/mol. The van der Waals surface area contributed by atoms with Gasteiger partial charge in [-0.25, -0.2) is 0 Å². The van der Waals surface area contributed by atoms with E-state index in [9.17, 15) is 9.59 Å². The Hall–Kier alpha value is -1.16. The molecule has 0 radical (unpaired) electrons. The number of ketones is 1. The molecule has 1 aromatic rings. The maximum atomic E-state index is 11.3. The third-order valence-electron chi connectivity index (χ3n) is 1.83. The first-order valence-corrected chi connectivity index (χ1v) is 5.36. The highest BCUT2D eigenvalue weighted by molar-refractivity contribution is 7.08. The molecule has 0 fully saturated rings. The quantitative estimate of drug-likeness (QED) is 0.831. The molecule has 1 N–H and O–H groups in total. The predicted octanol–water partition coefficient (Wildman–Crippen LogP) is 2.36. The lowest BCUT2D eigenvalue weighted by atomic mass is 10.2. The minimum atomic E-state index is -0.0956. The second-order valence-corrected chi connectivity index (χ2v) is 3.96. The van der Waals surface area contributed by atoms with Crippen molar-refractivity contribution in [2.24, 2.45) is 0 Å². The molecule has 0 aliphatic heterocycles. The first kappa shape index (κ1) is 10.9. The van der Waals surface area contributed by atoms with E-state index in [2.05, 4.69) is 5.32 Å². The van der Waals surface area contributed by atoms with Crippen molar-refractivity contribution in [3.8, 4) is 0 Å². The van der Waals surface area contributed by atoms with Crippen LogP contribution in [0.3, 0.4) is 0 Å². The number of rotatable bonds is 4. The monoisotopic (exact) mass is 211 g/mol. The van der Waals surface area contributed by atoms with Gasteiger partial charge in [-0.3, -0.25) is 4.79 Å². The van der Waals surface area contributed by atoms with Crippen molar-refractivity contribution in [1.29, 1.82) is 0 Å². The van der Waals surface area contributed by atoms with Crippen LogP contribution in [0.2, 0.25) is 0 Å². The molecule has 0 spiro atoms. The van der Waals surface area contributed by atoms with E-state index in [1.54, 1.807) is 11.3 Å². The van der Waals surface area contributed by atoms with Crippen molar-refractivity contribution < 1.29 is 9.59 Å². The Bertz CT molecular complexity index is 344. The lowest BCUT2D eigenvalue weighted by molar-refractivity contribution is -0.121. The van der Waals surface area contributed by atoms with Gasteiger partial charge >= 0.3 is 0 Å². The number of aryl methyl sites for hydroxylation is 1. The number of carbonyl (C=O) groups is 2. The average molecular weight is 211 g/mol. The highest BCUT2D eigenvalue weighted by atomic mass is 32.1. The number of hydrogen-bond donors (Lipinski definition) is 1. The first-order chi connectivity index (χ1) is 6.59. The van der Waals surface area contributed by atoms with Gasteiger partial charge in [0.2, 0.25) is 5.91 Å². The van der Waals surface area contributed by atoms with E-state index >= 15 is 0 Å². The van der Waals surface area contributed by atoms with Crippen LogP contribution in [-0.2, 0) is 9.59 Å². The molecule has 1 rings (SSSR count). The molecule has 0 aliphatic rings. The summed E-state index contributed by atoms with van der Waals surface area (Å²) in [4.78, 5) is 21.9. The van der Waals surface area contributed by atoms with Gasteiger partial charge in [0.15, 0.2) is 0 Å². The van der Waals surface area contributed by atoms with Crippen LogP contribution in [0, 0.1) is 6.92 Å². The van der Waals surface area contributed by atoms with Crippen LogP contribution < -0.4 is 5.32 Å². The standard InChI is InChI=1S/C10H13NO2S/c1-7-5-14-6-9(7)11-10(13)4-3-8(2)12/h5-6H,3-4H2,1-2H3,(H,11,13). The summed E-state index contributed by atoms with van der Waals surface area (Å²) in [5.41, 5.74) is 1.91. The third kappa shape index (κ3) is 3.30. The molecule has 0 saturated carbocycles. The van der Waals surface area contributed by atoms with E-state index in [1.165, 1.54) is 6.92 Å². The maximum absolute atomic E-state index is 11.3. The number of carbonyl (C=O) groups excluding carboxylic acids is 2. The lowest BCUT2D eigenvalue weighted by Gasteiger charge is -2.02. The Morgan fingerprint density at radius 3 is 2.57 bits per heavy atom. The second kappa shape index (κ2) is 4.91. The van der Waals surface area contributed by atoms with Crippen molar-refractivity contribution in [3.63, 3.8) is 0 Å². The van der Waals surface area contributed by atoms with E-state index < -0.39 is 0 Å². The fourth-order valence-electron chi connectivity index (χ4n) is 0.991. The fourth-order valence-corrected chi connectivity index (χ4v) is 1.77. The minimum absolute atomic E-state index is 0.0437. The van der Waals surface area contributed by atoms with E-state index in [0.717, 1.165) is 11.3 Å². The van der Waals surface area contributed by atoms with Crippen LogP contribution in [0.25, 0.3) is 0 Å². The summed E-state index contributed by atoms with van der Waals surface area (Å²) in [5, 5.41) is 6.63. The smallest absolute Gasteiger partial charge is 0.224 e. The zero-order valence-corrected chi connectivity index (χ0v) is 9.11. The Kier molecular flexibility index (Phi) is 3.83.